The molecule has 1 aromatic heterocycles. The third kappa shape index (κ3) is 5.17. The van der Waals surface area contributed by atoms with Crippen molar-refractivity contribution in [2.45, 2.75) is 20.8 Å². The Kier molecular flexibility index (Phi) is 5.41. The summed E-state index contributed by atoms with van der Waals surface area (Å²) in [4.78, 5) is 15.5. The zero-order valence-electron chi connectivity index (χ0n) is 10.2. The van der Waals surface area contributed by atoms with Gasteiger partial charge in [0, 0.05) is 11.9 Å². The fourth-order valence-electron chi connectivity index (χ4n) is 1.03. The molecule has 1 unspecified atom stereocenters. The van der Waals surface area contributed by atoms with Gasteiger partial charge in [-0.2, -0.15) is 0 Å². The maximum atomic E-state index is 11.5. The van der Waals surface area contributed by atoms with Gasteiger partial charge in [-0.3, -0.25) is 5.32 Å². The van der Waals surface area contributed by atoms with Crippen molar-refractivity contribution in [3.63, 3.8) is 0 Å². The number of anilines is 1. The minimum atomic E-state index is -0.435. The number of amides is 1. The van der Waals surface area contributed by atoms with Gasteiger partial charge in [0.1, 0.15) is 4.60 Å². The van der Waals surface area contributed by atoms with E-state index in [1.807, 2.05) is 0 Å². The lowest BCUT2D eigenvalue weighted by Crippen LogP contribution is -2.20. The van der Waals surface area contributed by atoms with Gasteiger partial charge in [0.25, 0.3) is 0 Å². The van der Waals surface area contributed by atoms with E-state index < -0.39 is 6.09 Å². The normalized spacial score (nSPS) is 12.3. The van der Waals surface area contributed by atoms with Crippen LogP contribution in [0.3, 0.4) is 0 Å². The van der Waals surface area contributed by atoms with Gasteiger partial charge in [-0.05, 0) is 39.9 Å². The maximum Gasteiger partial charge on any atom is 0.411 e. The van der Waals surface area contributed by atoms with Gasteiger partial charge in [0.15, 0.2) is 0 Å². The van der Waals surface area contributed by atoms with Crippen molar-refractivity contribution in [1.82, 2.24) is 4.98 Å². The molecule has 5 heteroatoms. The Balaban J connectivity index is 2.40. The third-order valence-corrected chi connectivity index (χ3v) is 3.02. The van der Waals surface area contributed by atoms with E-state index >= 15 is 0 Å². The van der Waals surface area contributed by atoms with E-state index in [0.717, 1.165) is 0 Å². The fourth-order valence-corrected chi connectivity index (χ4v) is 1.40. The summed E-state index contributed by atoms with van der Waals surface area (Å²) in [7, 11) is 0. The zero-order chi connectivity index (χ0) is 12.8. The standard InChI is InChI=1S/C12H17BrN2O2/c1-8(2)9(3)7-17-12(16)15-10-4-5-14-11(13)6-10/h4-6,8-9H,7H2,1-3H3,(H,14,15,16). The lowest BCUT2D eigenvalue weighted by Gasteiger charge is -2.15. The summed E-state index contributed by atoms with van der Waals surface area (Å²) in [6, 6.07) is 3.42. The molecule has 0 aliphatic rings. The molecule has 0 saturated carbocycles. The number of nitrogens with one attached hydrogen (secondary N) is 1. The van der Waals surface area contributed by atoms with Crippen molar-refractivity contribution in [1.29, 1.82) is 0 Å². The third-order valence-electron chi connectivity index (χ3n) is 2.59. The van der Waals surface area contributed by atoms with Crippen molar-refractivity contribution in [2.75, 3.05) is 11.9 Å². The lowest BCUT2D eigenvalue weighted by atomic mass is 10.00. The molecule has 0 spiro atoms. The van der Waals surface area contributed by atoms with Crippen LogP contribution in [-0.2, 0) is 4.74 Å². The first-order valence-corrected chi connectivity index (χ1v) is 6.33. The van der Waals surface area contributed by atoms with Crippen LogP contribution in [0.5, 0.6) is 0 Å². The number of carbonyl (C=O) groups is 1. The first kappa shape index (κ1) is 14.0. The van der Waals surface area contributed by atoms with Crippen molar-refractivity contribution >= 4 is 27.7 Å². The van der Waals surface area contributed by atoms with Gasteiger partial charge >= 0.3 is 6.09 Å². The highest BCUT2D eigenvalue weighted by molar-refractivity contribution is 9.10. The van der Waals surface area contributed by atoms with E-state index in [2.05, 4.69) is 47.0 Å². The topological polar surface area (TPSA) is 51.2 Å². The molecule has 4 nitrogen and oxygen atoms in total. The van der Waals surface area contributed by atoms with E-state index in [9.17, 15) is 4.79 Å². The minimum absolute atomic E-state index is 0.352. The van der Waals surface area contributed by atoms with Crippen LogP contribution in [0.15, 0.2) is 22.9 Å². The second-order valence-corrected chi connectivity index (χ2v) is 5.12. The average molecular weight is 301 g/mol. The van der Waals surface area contributed by atoms with Gasteiger partial charge in [0.2, 0.25) is 0 Å². The molecule has 0 aliphatic carbocycles. The molecule has 17 heavy (non-hydrogen) atoms. The molecular formula is C12H17BrN2O2. The molecule has 0 fully saturated rings. The summed E-state index contributed by atoms with van der Waals surface area (Å²) in [5.74, 6) is 0.850. The quantitative estimate of drug-likeness (QED) is 0.863. The minimum Gasteiger partial charge on any atom is -0.449 e. The van der Waals surface area contributed by atoms with E-state index in [-0.39, 0.29) is 0 Å². The molecule has 1 aromatic rings. The van der Waals surface area contributed by atoms with Gasteiger partial charge < -0.3 is 4.74 Å². The van der Waals surface area contributed by atoms with Crippen molar-refractivity contribution < 1.29 is 9.53 Å². The van der Waals surface area contributed by atoms with Gasteiger partial charge in [-0.15, -0.1) is 0 Å². The maximum absolute atomic E-state index is 11.5. The van der Waals surface area contributed by atoms with Crippen molar-refractivity contribution in [2.24, 2.45) is 11.8 Å². The molecule has 0 radical (unpaired) electrons. The predicted molar refractivity (Wildman–Crippen MR) is 70.9 cm³/mol. The van der Waals surface area contributed by atoms with Gasteiger partial charge in [-0.25, -0.2) is 9.78 Å². The van der Waals surface area contributed by atoms with E-state index in [0.29, 0.717) is 28.7 Å². The summed E-state index contributed by atoms with van der Waals surface area (Å²) in [5, 5.41) is 2.65. The number of pyridine rings is 1. The van der Waals surface area contributed by atoms with Crippen molar-refractivity contribution in [3.8, 4) is 0 Å². The molecule has 0 aliphatic heterocycles. The Morgan fingerprint density at radius 1 is 1.53 bits per heavy atom. The molecule has 1 amide bonds. The number of rotatable bonds is 4. The van der Waals surface area contributed by atoms with Crippen LogP contribution in [0.1, 0.15) is 20.8 Å². The summed E-state index contributed by atoms with van der Waals surface area (Å²) >= 11 is 3.23. The second kappa shape index (κ2) is 6.59. The van der Waals surface area contributed by atoms with Crippen LogP contribution in [0.2, 0.25) is 0 Å². The largest absolute Gasteiger partial charge is 0.449 e. The van der Waals surface area contributed by atoms with Crippen LogP contribution in [0.25, 0.3) is 0 Å². The number of halogens is 1. The van der Waals surface area contributed by atoms with Gasteiger partial charge in [0.05, 0.1) is 6.61 Å². The first-order valence-electron chi connectivity index (χ1n) is 5.54. The summed E-state index contributed by atoms with van der Waals surface area (Å²) in [6.45, 7) is 6.69. The molecular weight excluding hydrogens is 284 g/mol. The first-order chi connectivity index (χ1) is 7.99. The summed E-state index contributed by atoms with van der Waals surface area (Å²) in [6.07, 6.45) is 1.17. The summed E-state index contributed by atoms with van der Waals surface area (Å²) in [5.41, 5.74) is 0.661. The highest BCUT2D eigenvalue weighted by Gasteiger charge is 2.10. The van der Waals surface area contributed by atoms with Crippen LogP contribution < -0.4 is 5.32 Å². The SMILES string of the molecule is CC(C)C(C)COC(=O)Nc1ccnc(Br)c1. The average Bonchev–Trinajstić information content (AvgIpc) is 2.25. The second-order valence-electron chi connectivity index (χ2n) is 4.31. The number of aromatic nitrogens is 1. The lowest BCUT2D eigenvalue weighted by molar-refractivity contribution is 0.133. The van der Waals surface area contributed by atoms with E-state index in [1.54, 1.807) is 18.3 Å². The summed E-state index contributed by atoms with van der Waals surface area (Å²) < 4.78 is 5.80. The molecule has 0 bridgehead atoms. The number of hydrogen-bond acceptors (Lipinski definition) is 3. The Bertz CT molecular complexity index is 383. The van der Waals surface area contributed by atoms with Crippen LogP contribution in [0, 0.1) is 11.8 Å². The Labute approximate surface area is 110 Å². The number of hydrogen-bond donors (Lipinski definition) is 1. The zero-order valence-corrected chi connectivity index (χ0v) is 11.8. The molecule has 0 aromatic carbocycles. The number of nitrogens with zero attached hydrogens (tertiary/aromatic N) is 1. The molecule has 94 valence electrons. The monoisotopic (exact) mass is 300 g/mol. The predicted octanol–water partition coefficient (Wildman–Crippen LogP) is 3.68. The number of carbonyl (C=O) groups excluding carboxylic acids is 1. The Hall–Kier alpha value is -1.10. The fraction of sp³-hybridized carbons (Fsp3) is 0.500. The van der Waals surface area contributed by atoms with E-state index in [1.165, 1.54) is 0 Å². The Morgan fingerprint density at radius 2 is 2.24 bits per heavy atom. The highest BCUT2D eigenvalue weighted by atomic mass is 79.9. The molecule has 1 heterocycles. The van der Waals surface area contributed by atoms with Crippen molar-refractivity contribution in [3.05, 3.63) is 22.9 Å². The molecule has 1 atom stereocenters. The van der Waals surface area contributed by atoms with Gasteiger partial charge in [-0.1, -0.05) is 20.8 Å². The highest BCUT2D eigenvalue weighted by Crippen LogP contribution is 2.14. The molecule has 1 N–H and O–H groups in total. The molecule has 0 saturated heterocycles. The Morgan fingerprint density at radius 3 is 2.82 bits per heavy atom. The molecule has 1 rings (SSSR count). The van der Waals surface area contributed by atoms with Crippen LogP contribution in [-0.4, -0.2) is 17.7 Å². The number of ether oxygens (including phenoxy) is 1. The van der Waals surface area contributed by atoms with Crippen LogP contribution >= 0.6 is 15.9 Å². The smallest absolute Gasteiger partial charge is 0.411 e. The van der Waals surface area contributed by atoms with E-state index in [4.69, 9.17) is 4.74 Å². The van der Waals surface area contributed by atoms with Crippen LogP contribution in [0.4, 0.5) is 10.5 Å².